The molecule has 1 aromatic carbocycles. The fourth-order valence-corrected chi connectivity index (χ4v) is 3.70. The molecule has 1 aliphatic heterocycles. The normalized spacial score (nSPS) is 18.6. The molecule has 1 saturated heterocycles. The van der Waals surface area contributed by atoms with E-state index in [-0.39, 0.29) is 24.0 Å². The predicted octanol–water partition coefficient (Wildman–Crippen LogP) is 3.43. The lowest BCUT2D eigenvalue weighted by molar-refractivity contribution is 0.129. The summed E-state index contributed by atoms with van der Waals surface area (Å²) in [6.07, 6.45) is 6.55. The van der Waals surface area contributed by atoms with Crippen molar-refractivity contribution in [2.75, 3.05) is 53.6 Å². The second kappa shape index (κ2) is 13.3. The number of ether oxygens (including phenoxy) is 2. The minimum atomic E-state index is 0. The molecule has 0 bridgehead atoms. The van der Waals surface area contributed by atoms with E-state index in [1.165, 1.54) is 37.7 Å². The van der Waals surface area contributed by atoms with E-state index in [2.05, 4.69) is 44.8 Å². The highest BCUT2D eigenvalue weighted by Gasteiger charge is 2.23. The number of nitrogens with zero attached hydrogens (tertiary/aromatic N) is 2. The molecule has 29 heavy (non-hydrogen) atoms. The lowest BCUT2D eigenvalue weighted by Crippen LogP contribution is -2.45. The van der Waals surface area contributed by atoms with Gasteiger partial charge in [-0.25, -0.2) is 0 Å². The Bertz CT molecular complexity index is 601. The summed E-state index contributed by atoms with van der Waals surface area (Å²) in [4.78, 5) is 6.96. The lowest BCUT2D eigenvalue weighted by Gasteiger charge is -2.35. The van der Waals surface area contributed by atoms with Gasteiger partial charge in [0, 0.05) is 26.7 Å². The minimum absolute atomic E-state index is 0. The molecule has 164 valence electrons. The molecule has 1 aromatic rings. The van der Waals surface area contributed by atoms with Crippen LogP contribution in [0.15, 0.2) is 29.3 Å². The number of piperidine rings is 1. The Morgan fingerprint density at radius 3 is 2.48 bits per heavy atom. The van der Waals surface area contributed by atoms with Gasteiger partial charge >= 0.3 is 0 Å². The number of nitrogens with one attached hydrogen (secondary N) is 2. The summed E-state index contributed by atoms with van der Waals surface area (Å²) in [6, 6.07) is 8.80. The highest BCUT2D eigenvalue weighted by atomic mass is 127. The van der Waals surface area contributed by atoms with Crippen LogP contribution in [0, 0.1) is 5.92 Å². The topological polar surface area (TPSA) is 58.1 Å². The van der Waals surface area contributed by atoms with E-state index < -0.39 is 0 Å². The fourth-order valence-electron chi connectivity index (χ4n) is 3.70. The van der Waals surface area contributed by atoms with Crippen LogP contribution < -0.4 is 15.4 Å². The Labute approximate surface area is 192 Å². The molecule has 2 aliphatic rings. The van der Waals surface area contributed by atoms with Crippen molar-refractivity contribution < 1.29 is 9.47 Å². The average Bonchev–Trinajstić information content (AvgIpc) is 3.58. The van der Waals surface area contributed by atoms with Crippen molar-refractivity contribution in [1.29, 1.82) is 0 Å². The van der Waals surface area contributed by atoms with Crippen molar-refractivity contribution in [2.24, 2.45) is 10.9 Å². The number of likely N-dealkylation sites (tertiary alicyclic amines) is 1. The van der Waals surface area contributed by atoms with Crippen molar-refractivity contribution in [3.63, 3.8) is 0 Å². The SMILES string of the molecule is CN=C(NCCOCC1CC1)NCC(c1ccc(OC)cc1)N1CCCCC1.I. The first-order chi connectivity index (χ1) is 13.8. The van der Waals surface area contributed by atoms with E-state index in [9.17, 15) is 0 Å². The van der Waals surface area contributed by atoms with E-state index in [1.807, 2.05) is 7.05 Å². The minimum Gasteiger partial charge on any atom is -0.497 e. The molecule has 0 amide bonds. The van der Waals surface area contributed by atoms with Crippen LogP contribution in [0.2, 0.25) is 0 Å². The number of hydrogen-bond acceptors (Lipinski definition) is 4. The van der Waals surface area contributed by atoms with Gasteiger partial charge in [0.05, 0.1) is 19.8 Å². The first-order valence-electron chi connectivity index (χ1n) is 10.7. The van der Waals surface area contributed by atoms with E-state index in [0.717, 1.165) is 57.0 Å². The Morgan fingerprint density at radius 1 is 1.14 bits per heavy atom. The highest BCUT2D eigenvalue weighted by Crippen LogP contribution is 2.28. The van der Waals surface area contributed by atoms with Crippen LogP contribution in [0.5, 0.6) is 5.75 Å². The fraction of sp³-hybridized carbons (Fsp3) is 0.682. The molecular formula is C22H37IN4O2. The highest BCUT2D eigenvalue weighted by molar-refractivity contribution is 14.0. The smallest absolute Gasteiger partial charge is 0.191 e. The van der Waals surface area contributed by atoms with Crippen LogP contribution in [-0.2, 0) is 4.74 Å². The van der Waals surface area contributed by atoms with E-state index in [4.69, 9.17) is 9.47 Å². The molecule has 1 atom stereocenters. The van der Waals surface area contributed by atoms with E-state index in [0.29, 0.717) is 6.04 Å². The molecule has 6 nitrogen and oxygen atoms in total. The van der Waals surface area contributed by atoms with Crippen LogP contribution in [0.3, 0.4) is 0 Å². The van der Waals surface area contributed by atoms with Gasteiger partial charge < -0.3 is 20.1 Å². The Balaban J connectivity index is 0.00000300. The summed E-state index contributed by atoms with van der Waals surface area (Å²) in [5.74, 6) is 2.55. The van der Waals surface area contributed by atoms with E-state index >= 15 is 0 Å². The summed E-state index contributed by atoms with van der Waals surface area (Å²) >= 11 is 0. The van der Waals surface area contributed by atoms with Gasteiger partial charge in [0.25, 0.3) is 0 Å². The Hall–Kier alpha value is -1.06. The number of halogens is 1. The molecule has 2 N–H and O–H groups in total. The van der Waals surface area contributed by atoms with Gasteiger partial charge in [-0.1, -0.05) is 18.6 Å². The van der Waals surface area contributed by atoms with Crippen molar-refractivity contribution in [3.8, 4) is 5.75 Å². The first-order valence-corrected chi connectivity index (χ1v) is 10.7. The average molecular weight is 516 g/mol. The van der Waals surface area contributed by atoms with Gasteiger partial charge in [0.15, 0.2) is 5.96 Å². The molecule has 1 saturated carbocycles. The molecule has 0 aromatic heterocycles. The van der Waals surface area contributed by atoms with Gasteiger partial charge in [-0.2, -0.15) is 0 Å². The predicted molar refractivity (Wildman–Crippen MR) is 129 cm³/mol. The zero-order valence-electron chi connectivity index (χ0n) is 17.9. The van der Waals surface area contributed by atoms with Gasteiger partial charge in [0.2, 0.25) is 0 Å². The van der Waals surface area contributed by atoms with Crippen LogP contribution in [0.1, 0.15) is 43.7 Å². The molecule has 1 unspecified atom stereocenters. The monoisotopic (exact) mass is 516 g/mol. The maximum absolute atomic E-state index is 5.70. The van der Waals surface area contributed by atoms with Gasteiger partial charge in [-0.05, 0) is 62.4 Å². The number of methoxy groups -OCH3 is 1. The van der Waals surface area contributed by atoms with Crippen LogP contribution in [-0.4, -0.2) is 64.4 Å². The third-order valence-corrected chi connectivity index (χ3v) is 5.61. The first kappa shape index (κ1) is 24.2. The zero-order chi connectivity index (χ0) is 19.6. The molecule has 0 radical (unpaired) electrons. The molecule has 1 aliphatic carbocycles. The van der Waals surface area contributed by atoms with Crippen molar-refractivity contribution in [1.82, 2.24) is 15.5 Å². The second-order valence-corrected chi connectivity index (χ2v) is 7.78. The summed E-state index contributed by atoms with van der Waals surface area (Å²) < 4.78 is 11.0. The zero-order valence-corrected chi connectivity index (χ0v) is 20.2. The molecule has 1 heterocycles. The van der Waals surface area contributed by atoms with Gasteiger partial charge in [-0.3, -0.25) is 9.89 Å². The largest absolute Gasteiger partial charge is 0.497 e. The molecule has 2 fully saturated rings. The number of benzene rings is 1. The van der Waals surface area contributed by atoms with Crippen molar-refractivity contribution in [3.05, 3.63) is 29.8 Å². The van der Waals surface area contributed by atoms with Crippen LogP contribution in [0.4, 0.5) is 0 Å². The maximum Gasteiger partial charge on any atom is 0.191 e. The number of guanidine groups is 1. The van der Waals surface area contributed by atoms with Gasteiger partial charge in [-0.15, -0.1) is 24.0 Å². The molecule has 0 spiro atoms. The molecule has 3 rings (SSSR count). The van der Waals surface area contributed by atoms with Gasteiger partial charge in [0.1, 0.15) is 5.75 Å². The standard InChI is InChI=1S/C22H36N4O2.HI/c1-23-22(24-12-15-28-17-18-6-7-18)25-16-21(26-13-4-3-5-14-26)19-8-10-20(27-2)11-9-19;/h8-11,18,21H,3-7,12-17H2,1-2H3,(H2,23,24,25);1H. The lowest BCUT2D eigenvalue weighted by atomic mass is 10.0. The van der Waals surface area contributed by atoms with Crippen LogP contribution >= 0.6 is 24.0 Å². The van der Waals surface area contributed by atoms with E-state index in [1.54, 1.807) is 7.11 Å². The third kappa shape index (κ3) is 8.30. The number of hydrogen-bond donors (Lipinski definition) is 2. The summed E-state index contributed by atoms with van der Waals surface area (Å²) in [5, 5.41) is 6.88. The van der Waals surface area contributed by atoms with Crippen LogP contribution in [0.25, 0.3) is 0 Å². The third-order valence-electron chi connectivity index (χ3n) is 5.61. The summed E-state index contributed by atoms with van der Waals surface area (Å²) in [6.45, 7) is 5.55. The Kier molecular flexibility index (Phi) is 11.1. The van der Waals surface area contributed by atoms with Crippen molar-refractivity contribution >= 4 is 29.9 Å². The quantitative estimate of drug-likeness (QED) is 0.216. The second-order valence-electron chi connectivity index (χ2n) is 7.78. The number of aliphatic imine (C=N–C) groups is 1. The number of rotatable bonds is 10. The van der Waals surface area contributed by atoms with Crippen molar-refractivity contribution in [2.45, 2.75) is 38.1 Å². The molecular weight excluding hydrogens is 479 g/mol. The Morgan fingerprint density at radius 2 is 1.86 bits per heavy atom. The summed E-state index contributed by atoms with van der Waals surface area (Å²) in [7, 11) is 3.53. The summed E-state index contributed by atoms with van der Waals surface area (Å²) in [5.41, 5.74) is 1.32. The molecule has 7 heteroatoms. The maximum atomic E-state index is 5.70.